The van der Waals surface area contributed by atoms with E-state index in [2.05, 4.69) is 29.8 Å². The van der Waals surface area contributed by atoms with Crippen LogP contribution in [0.4, 0.5) is 0 Å². The fraction of sp³-hybridized carbons (Fsp3) is 1.00. The standard InChI is InChI=1S/C7H13Br/c1-5-3-7(5)4-6(2)8/h5-7H,3-4H2,1-2H3. The van der Waals surface area contributed by atoms with E-state index in [-0.39, 0.29) is 0 Å². The van der Waals surface area contributed by atoms with E-state index in [1.54, 1.807) is 0 Å². The molecule has 0 aromatic carbocycles. The second kappa shape index (κ2) is 2.38. The molecular weight excluding hydrogens is 164 g/mol. The second-order valence-corrected chi connectivity index (χ2v) is 4.55. The van der Waals surface area contributed by atoms with E-state index in [1.807, 2.05) is 0 Å². The van der Waals surface area contributed by atoms with Crippen LogP contribution in [0, 0.1) is 11.8 Å². The van der Waals surface area contributed by atoms with Crippen LogP contribution in [0.5, 0.6) is 0 Å². The highest BCUT2D eigenvalue weighted by Gasteiger charge is 2.32. The van der Waals surface area contributed by atoms with E-state index >= 15 is 0 Å². The molecule has 0 radical (unpaired) electrons. The Morgan fingerprint density at radius 3 is 2.38 bits per heavy atom. The SMILES string of the molecule is CC(Br)CC1CC1C. The molecule has 3 atom stereocenters. The summed E-state index contributed by atoms with van der Waals surface area (Å²) in [7, 11) is 0. The van der Waals surface area contributed by atoms with E-state index in [9.17, 15) is 0 Å². The summed E-state index contributed by atoms with van der Waals surface area (Å²) in [6, 6.07) is 0. The van der Waals surface area contributed by atoms with Gasteiger partial charge in [-0.2, -0.15) is 0 Å². The lowest BCUT2D eigenvalue weighted by atomic mass is 10.2. The summed E-state index contributed by atoms with van der Waals surface area (Å²) in [5.74, 6) is 2.07. The predicted octanol–water partition coefficient (Wildman–Crippen LogP) is 2.82. The normalized spacial score (nSPS) is 39.4. The van der Waals surface area contributed by atoms with Crippen LogP contribution in [0.2, 0.25) is 0 Å². The van der Waals surface area contributed by atoms with Crippen LogP contribution in [0.15, 0.2) is 0 Å². The van der Waals surface area contributed by atoms with Gasteiger partial charge in [0, 0.05) is 4.83 Å². The molecule has 0 amide bonds. The van der Waals surface area contributed by atoms with Crippen molar-refractivity contribution >= 4 is 15.9 Å². The van der Waals surface area contributed by atoms with Crippen molar-refractivity contribution in [1.82, 2.24) is 0 Å². The molecule has 3 unspecified atom stereocenters. The molecule has 8 heavy (non-hydrogen) atoms. The van der Waals surface area contributed by atoms with Gasteiger partial charge in [-0.1, -0.05) is 29.8 Å². The summed E-state index contributed by atoms with van der Waals surface area (Å²) in [5, 5.41) is 0. The van der Waals surface area contributed by atoms with Crippen molar-refractivity contribution < 1.29 is 0 Å². The highest BCUT2D eigenvalue weighted by Crippen LogP contribution is 2.42. The molecule has 0 aliphatic heterocycles. The summed E-state index contributed by atoms with van der Waals surface area (Å²) in [6.45, 7) is 4.56. The molecule has 0 heterocycles. The Morgan fingerprint density at radius 2 is 2.25 bits per heavy atom. The molecule has 1 heteroatoms. The van der Waals surface area contributed by atoms with Crippen molar-refractivity contribution in [3.05, 3.63) is 0 Å². The molecule has 0 bridgehead atoms. The lowest BCUT2D eigenvalue weighted by molar-refractivity contribution is 0.675. The van der Waals surface area contributed by atoms with Gasteiger partial charge in [0.1, 0.15) is 0 Å². The maximum Gasteiger partial charge on any atom is 0.0120 e. The predicted molar refractivity (Wildman–Crippen MR) is 40.3 cm³/mol. The zero-order chi connectivity index (χ0) is 6.15. The van der Waals surface area contributed by atoms with Crippen LogP contribution in [-0.4, -0.2) is 4.83 Å². The molecule has 1 aliphatic carbocycles. The Labute approximate surface area is 59.8 Å². The molecular formula is C7H13Br. The molecule has 0 saturated heterocycles. The number of rotatable bonds is 2. The average Bonchev–Trinajstić information content (AvgIpc) is 2.17. The molecule has 1 aliphatic rings. The van der Waals surface area contributed by atoms with Crippen molar-refractivity contribution in [1.29, 1.82) is 0 Å². The van der Waals surface area contributed by atoms with E-state index in [1.165, 1.54) is 12.8 Å². The first kappa shape index (κ1) is 6.60. The van der Waals surface area contributed by atoms with E-state index in [4.69, 9.17) is 0 Å². The fourth-order valence-corrected chi connectivity index (χ4v) is 1.62. The lowest BCUT2D eigenvalue weighted by Gasteiger charge is -1.97. The molecule has 0 N–H and O–H groups in total. The summed E-state index contributed by atoms with van der Waals surface area (Å²) in [4.78, 5) is 0.734. The molecule has 0 aromatic heterocycles. The molecule has 1 fully saturated rings. The molecule has 1 saturated carbocycles. The largest absolute Gasteiger partial charge is 0.0894 e. The maximum atomic E-state index is 3.54. The average molecular weight is 177 g/mol. The van der Waals surface area contributed by atoms with Gasteiger partial charge >= 0.3 is 0 Å². The minimum atomic E-state index is 0.734. The number of alkyl halides is 1. The van der Waals surface area contributed by atoms with Gasteiger partial charge in [-0.15, -0.1) is 0 Å². The van der Waals surface area contributed by atoms with Gasteiger partial charge in [0.05, 0.1) is 0 Å². The Balaban J connectivity index is 2.05. The van der Waals surface area contributed by atoms with Gasteiger partial charge in [0.15, 0.2) is 0 Å². The quantitative estimate of drug-likeness (QED) is 0.569. The maximum absolute atomic E-state index is 3.54. The molecule has 0 aromatic rings. The lowest BCUT2D eigenvalue weighted by Crippen LogP contribution is -1.91. The van der Waals surface area contributed by atoms with Gasteiger partial charge in [-0.05, 0) is 24.7 Å². The van der Waals surface area contributed by atoms with Crippen molar-refractivity contribution in [2.45, 2.75) is 31.5 Å². The van der Waals surface area contributed by atoms with Gasteiger partial charge in [-0.25, -0.2) is 0 Å². The number of hydrogen-bond donors (Lipinski definition) is 0. The third-order valence-corrected chi connectivity index (χ3v) is 2.28. The Morgan fingerprint density at radius 1 is 1.75 bits per heavy atom. The topological polar surface area (TPSA) is 0 Å². The van der Waals surface area contributed by atoms with Gasteiger partial charge < -0.3 is 0 Å². The number of halogens is 1. The van der Waals surface area contributed by atoms with Crippen molar-refractivity contribution in [2.24, 2.45) is 11.8 Å². The summed E-state index contributed by atoms with van der Waals surface area (Å²) < 4.78 is 0. The van der Waals surface area contributed by atoms with Crippen molar-refractivity contribution in [3.8, 4) is 0 Å². The third kappa shape index (κ3) is 1.77. The van der Waals surface area contributed by atoms with Gasteiger partial charge in [0.2, 0.25) is 0 Å². The first-order valence-electron chi connectivity index (χ1n) is 3.34. The fourth-order valence-electron chi connectivity index (χ4n) is 1.14. The first-order valence-corrected chi connectivity index (χ1v) is 4.25. The second-order valence-electron chi connectivity index (χ2n) is 2.99. The van der Waals surface area contributed by atoms with Crippen LogP contribution in [-0.2, 0) is 0 Å². The van der Waals surface area contributed by atoms with Crippen LogP contribution >= 0.6 is 15.9 Å². The third-order valence-electron chi connectivity index (χ3n) is 1.90. The highest BCUT2D eigenvalue weighted by atomic mass is 79.9. The van der Waals surface area contributed by atoms with Crippen LogP contribution in [0.1, 0.15) is 26.7 Å². The molecule has 48 valence electrons. The van der Waals surface area contributed by atoms with Crippen molar-refractivity contribution in [3.63, 3.8) is 0 Å². The van der Waals surface area contributed by atoms with Gasteiger partial charge in [0.25, 0.3) is 0 Å². The number of hydrogen-bond acceptors (Lipinski definition) is 0. The summed E-state index contributed by atoms with van der Waals surface area (Å²) >= 11 is 3.54. The summed E-state index contributed by atoms with van der Waals surface area (Å²) in [5.41, 5.74) is 0. The van der Waals surface area contributed by atoms with Gasteiger partial charge in [-0.3, -0.25) is 0 Å². The zero-order valence-corrected chi connectivity index (χ0v) is 7.11. The van der Waals surface area contributed by atoms with E-state index in [0.29, 0.717) is 0 Å². The highest BCUT2D eigenvalue weighted by molar-refractivity contribution is 9.09. The monoisotopic (exact) mass is 176 g/mol. The Hall–Kier alpha value is 0.480. The Kier molecular flexibility index (Phi) is 1.97. The molecule has 0 spiro atoms. The Bertz CT molecular complexity index is 78.5. The van der Waals surface area contributed by atoms with E-state index in [0.717, 1.165) is 16.7 Å². The smallest absolute Gasteiger partial charge is 0.0120 e. The minimum absolute atomic E-state index is 0.734. The van der Waals surface area contributed by atoms with Crippen LogP contribution in [0.3, 0.4) is 0 Å². The summed E-state index contributed by atoms with van der Waals surface area (Å²) in [6.07, 6.45) is 2.84. The minimum Gasteiger partial charge on any atom is -0.0894 e. The van der Waals surface area contributed by atoms with E-state index < -0.39 is 0 Å². The first-order chi connectivity index (χ1) is 3.70. The van der Waals surface area contributed by atoms with Crippen LogP contribution < -0.4 is 0 Å². The molecule has 0 nitrogen and oxygen atoms in total. The molecule has 1 rings (SSSR count). The zero-order valence-electron chi connectivity index (χ0n) is 5.52. The van der Waals surface area contributed by atoms with Crippen molar-refractivity contribution in [2.75, 3.05) is 0 Å². The van der Waals surface area contributed by atoms with Crippen LogP contribution in [0.25, 0.3) is 0 Å².